The summed E-state index contributed by atoms with van der Waals surface area (Å²) < 4.78 is 0. The normalized spacial score (nSPS) is 20.5. The van der Waals surface area contributed by atoms with Gasteiger partial charge in [0.2, 0.25) is 5.56 Å². The number of alkyl halides is 1. The molecular formula is C13H17ClN2O2. The first kappa shape index (κ1) is 13.1. The molecule has 2 heterocycles. The van der Waals surface area contributed by atoms with Crippen LogP contribution in [0.3, 0.4) is 0 Å². The highest BCUT2D eigenvalue weighted by Crippen LogP contribution is 2.19. The fraction of sp³-hybridized carbons (Fsp3) is 0.538. The van der Waals surface area contributed by atoms with Gasteiger partial charge < -0.3 is 9.88 Å². The molecule has 1 fully saturated rings. The van der Waals surface area contributed by atoms with Gasteiger partial charge in [-0.05, 0) is 18.9 Å². The van der Waals surface area contributed by atoms with Gasteiger partial charge in [-0.25, -0.2) is 0 Å². The van der Waals surface area contributed by atoms with Crippen LogP contribution in [0.25, 0.3) is 0 Å². The van der Waals surface area contributed by atoms with Gasteiger partial charge in [-0.2, -0.15) is 0 Å². The Bertz CT molecular complexity index is 452. The summed E-state index contributed by atoms with van der Waals surface area (Å²) >= 11 is 5.95. The summed E-state index contributed by atoms with van der Waals surface area (Å²) in [5.74, 6) is 0.425. The number of carbonyl (C=O) groups is 1. The average molecular weight is 269 g/mol. The Kier molecular flexibility index (Phi) is 4.42. The lowest BCUT2D eigenvalue weighted by molar-refractivity contribution is 0.0700. The van der Waals surface area contributed by atoms with E-state index in [1.54, 1.807) is 6.07 Å². The predicted octanol–water partition coefficient (Wildman–Crippen LogP) is 2.00. The highest BCUT2D eigenvalue weighted by Gasteiger charge is 2.25. The molecule has 0 bridgehead atoms. The zero-order chi connectivity index (χ0) is 13.0. The van der Waals surface area contributed by atoms with Crippen molar-refractivity contribution in [3.05, 3.63) is 34.2 Å². The van der Waals surface area contributed by atoms with Gasteiger partial charge in [0.25, 0.3) is 5.91 Å². The summed E-state index contributed by atoms with van der Waals surface area (Å²) in [7, 11) is 0. The zero-order valence-corrected chi connectivity index (χ0v) is 10.9. The Labute approximate surface area is 111 Å². The van der Waals surface area contributed by atoms with Crippen molar-refractivity contribution in [1.82, 2.24) is 9.88 Å². The fourth-order valence-corrected chi connectivity index (χ4v) is 2.64. The largest absolute Gasteiger partial charge is 0.334 e. The summed E-state index contributed by atoms with van der Waals surface area (Å²) in [4.78, 5) is 27.7. The molecule has 2 rings (SSSR count). The molecule has 1 amide bonds. The summed E-state index contributed by atoms with van der Waals surface area (Å²) in [6.45, 7) is 0.745. The standard InChI is InChI=1S/C13H17ClN2O2/c14-8-11-4-2-1-3-7-16(11)13(18)10-5-6-12(17)15-9-10/h5-6,9,11H,1-4,7-8H2,(H,15,17). The molecule has 0 spiro atoms. The summed E-state index contributed by atoms with van der Waals surface area (Å²) in [6.07, 6.45) is 5.71. The molecule has 1 atom stereocenters. The van der Waals surface area contributed by atoms with Crippen molar-refractivity contribution >= 4 is 17.5 Å². The van der Waals surface area contributed by atoms with Crippen LogP contribution in [0.5, 0.6) is 0 Å². The van der Waals surface area contributed by atoms with E-state index in [4.69, 9.17) is 11.6 Å². The molecular weight excluding hydrogens is 252 g/mol. The first-order valence-electron chi connectivity index (χ1n) is 6.28. The number of hydrogen-bond acceptors (Lipinski definition) is 2. The molecule has 1 aliphatic rings. The molecule has 1 N–H and O–H groups in total. The van der Waals surface area contributed by atoms with Gasteiger partial charge in [0.05, 0.1) is 5.56 Å². The van der Waals surface area contributed by atoms with Gasteiger partial charge in [-0.3, -0.25) is 9.59 Å². The smallest absolute Gasteiger partial charge is 0.255 e. The highest BCUT2D eigenvalue weighted by molar-refractivity contribution is 6.18. The van der Waals surface area contributed by atoms with Gasteiger partial charge in [-0.1, -0.05) is 12.8 Å². The number of carbonyl (C=O) groups excluding carboxylic acids is 1. The number of halogens is 1. The lowest BCUT2D eigenvalue weighted by atomic mass is 10.1. The van der Waals surface area contributed by atoms with E-state index in [1.807, 2.05) is 4.90 Å². The number of amides is 1. The van der Waals surface area contributed by atoms with Crippen molar-refractivity contribution in [3.63, 3.8) is 0 Å². The Morgan fingerprint density at radius 3 is 2.89 bits per heavy atom. The third-order valence-corrected chi connectivity index (χ3v) is 3.70. The van der Waals surface area contributed by atoms with E-state index < -0.39 is 0 Å². The molecule has 0 aromatic carbocycles. The number of aromatic amines is 1. The SMILES string of the molecule is O=C(c1ccc(=O)[nH]c1)N1CCCCCC1CCl. The number of H-pyrrole nitrogens is 1. The van der Waals surface area contributed by atoms with Crippen molar-refractivity contribution in [1.29, 1.82) is 0 Å². The zero-order valence-electron chi connectivity index (χ0n) is 10.2. The second-order valence-electron chi connectivity index (χ2n) is 4.60. The van der Waals surface area contributed by atoms with Gasteiger partial charge in [0.1, 0.15) is 0 Å². The number of nitrogens with one attached hydrogen (secondary N) is 1. The Morgan fingerprint density at radius 2 is 2.22 bits per heavy atom. The van der Waals surface area contributed by atoms with Gasteiger partial charge in [-0.15, -0.1) is 11.6 Å². The van der Waals surface area contributed by atoms with Crippen LogP contribution >= 0.6 is 11.6 Å². The number of rotatable bonds is 2. The second kappa shape index (κ2) is 6.05. The first-order valence-corrected chi connectivity index (χ1v) is 6.81. The predicted molar refractivity (Wildman–Crippen MR) is 71.1 cm³/mol. The summed E-state index contributed by atoms with van der Waals surface area (Å²) in [5, 5.41) is 0. The molecule has 0 saturated carbocycles. The minimum atomic E-state index is -0.198. The van der Waals surface area contributed by atoms with Crippen molar-refractivity contribution in [2.75, 3.05) is 12.4 Å². The van der Waals surface area contributed by atoms with Crippen molar-refractivity contribution in [3.8, 4) is 0 Å². The minimum Gasteiger partial charge on any atom is -0.334 e. The van der Waals surface area contributed by atoms with Crippen LogP contribution in [0.2, 0.25) is 0 Å². The van der Waals surface area contributed by atoms with Crippen LogP contribution in [0, 0.1) is 0 Å². The first-order chi connectivity index (χ1) is 8.72. The van der Waals surface area contributed by atoms with E-state index in [2.05, 4.69) is 4.98 Å². The number of pyridine rings is 1. The molecule has 1 saturated heterocycles. The van der Waals surface area contributed by atoms with E-state index in [0.29, 0.717) is 11.4 Å². The molecule has 1 aliphatic heterocycles. The van der Waals surface area contributed by atoms with Crippen molar-refractivity contribution in [2.24, 2.45) is 0 Å². The van der Waals surface area contributed by atoms with E-state index in [0.717, 1.165) is 32.2 Å². The number of nitrogens with zero attached hydrogens (tertiary/aromatic N) is 1. The van der Waals surface area contributed by atoms with Crippen LogP contribution in [0.15, 0.2) is 23.1 Å². The molecule has 0 aliphatic carbocycles. The van der Waals surface area contributed by atoms with Crippen LogP contribution < -0.4 is 5.56 Å². The topological polar surface area (TPSA) is 53.2 Å². The summed E-state index contributed by atoms with van der Waals surface area (Å²) in [5.41, 5.74) is 0.322. The lowest BCUT2D eigenvalue weighted by Crippen LogP contribution is -2.41. The Balaban J connectivity index is 2.19. The quantitative estimate of drug-likeness (QED) is 0.834. The number of aromatic nitrogens is 1. The minimum absolute atomic E-state index is 0.0428. The van der Waals surface area contributed by atoms with E-state index in [-0.39, 0.29) is 17.5 Å². The second-order valence-corrected chi connectivity index (χ2v) is 4.91. The Morgan fingerprint density at radius 1 is 1.39 bits per heavy atom. The third kappa shape index (κ3) is 2.93. The van der Waals surface area contributed by atoms with Crippen LogP contribution in [0.1, 0.15) is 36.0 Å². The highest BCUT2D eigenvalue weighted by atomic mass is 35.5. The maximum absolute atomic E-state index is 12.4. The van der Waals surface area contributed by atoms with Gasteiger partial charge in [0.15, 0.2) is 0 Å². The maximum atomic E-state index is 12.4. The van der Waals surface area contributed by atoms with Crippen LogP contribution in [-0.4, -0.2) is 34.3 Å². The molecule has 98 valence electrons. The Hall–Kier alpha value is -1.29. The van der Waals surface area contributed by atoms with Crippen molar-refractivity contribution < 1.29 is 4.79 Å². The molecule has 18 heavy (non-hydrogen) atoms. The maximum Gasteiger partial charge on any atom is 0.255 e. The number of likely N-dealkylation sites (tertiary alicyclic amines) is 1. The van der Waals surface area contributed by atoms with E-state index >= 15 is 0 Å². The molecule has 1 aromatic rings. The molecule has 4 nitrogen and oxygen atoms in total. The van der Waals surface area contributed by atoms with Gasteiger partial charge >= 0.3 is 0 Å². The monoisotopic (exact) mass is 268 g/mol. The molecule has 1 unspecified atom stereocenters. The fourth-order valence-electron chi connectivity index (χ4n) is 2.31. The van der Waals surface area contributed by atoms with Crippen LogP contribution in [-0.2, 0) is 0 Å². The van der Waals surface area contributed by atoms with Crippen molar-refractivity contribution in [2.45, 2.75) is 31.7 Å². The van der Waals surface area contributed by atoms with E-state index in [9.17, 15) is 9.59 Å². The van der Waals surface area contributed by atoms with Crippen LogP contribution in [0.4, 0.5) is 0 Å². The number of hydrogen-bond donors (Lipinski definition) is 1. The molecule has 5 heteroatoms. The average Bonchev–Trinajstić information content (AvgIpc) is 2.63. The third-order valence-electron chi connectivity index (χ3n) is 3.35. The molecule has 1 aromatic heterocycles. The molecule has 0 radical (unpaired) electrons. The summed E-state index contributed by atoms with van der Waals surface area (Å²) in [6, 6.07) is 3.05. The van der Waals surface area contributed by atoms with E-state index in [1.165, 1.54) is 12.3 Å². The lowest BCUT2D eigenvalue weighted by Gasteiger charge is -2.28. The van der Waals surface area contributed by atoms with Gasteiger partial charge in [0, 0.05) is 30.7 Å².